The Bertz CT molecular complexity index is 1180. The first-order valence-corrected chi connectivity index (χ1v) is 13.2. The Balaban J connectivity index is 2.20. The molecule has 14 nitrogen and oxygen atoms in total. The predicted octanol–water partition coefficient (Wildman–Crippen LogP) is 2.66. The molecule has 0 saturated carbocycles. The van der Waals surface area contributed by atoms with E-state index < -0.39 is 45.7 Å². The molecule has 0 heterocycles. The van der Waals surface area contributed by atoms with Gasteiger partial charge in [-0.2, -0.15) is 0 Å². The highest BCUT2D eigenvalue weighted by Gasteiger charge is 2.30. The quantitative estimate of drug-likeness (QED) is 0.144. The number of hydrogen-bond acceptors (Lipinski definition) is 10. The van der Waals surface area contributed by atoms with E-state index in [2.05, 4.69) is 10.6 Å². The topological polar surface area (TPSA) is 197 Å². The third kappa shape index (κ3) is 10.9. The standard InChI is InChI=1S/C28H34N4O10/c1-17(2)15-41-27(35)23(13-19-5-9-21(10-6-19)31(37)38)29-25(33)26(34)30-24(28(36)42-16-18(3)4)14-20-7-11-22(12-8-20)32(39)40/h5-12,17-18,23-24H,13-16H2,1-4H3,(H,29,33)(H,30,34)/t23-,24-/m0/s1. The second kappa shape index (κ2) is 15.8. The van der Waals surface area contributed by atoms with Crippen LogP contribution in [0.2, 0.25) is 0 Å². The normalized spacial score (nSPS) is 12.2. The molecule has 0 spiro atoms. The van der Waals surface area contributed by atoms with Gasteiger partial charge in [-0.15, -0.1) is 0 Å². The van der Waals surface area contributed by atoms with Crippen LogP contribution in [0.15, 0.2) is 48.5 Å². The molecule has 14 heteroatoms. The van der Waals surface area contributed by atoms with E-state index in [1.54, 1.807) is 0 Å². The van der Waals surface area contributed by atoms with Gasteiger partial charge in [0.2, 0.25) is 0 Å². The Morgan fingerprint density at radius 1 is 0.643 bits per heavy atom. The molecule has 0 unspecified atom stereocenters. The average molecular weight is 587 g/mol. The number of hydrogen-bond donors (Lipinski definition) is 2. The van der Waals surface area contributed by atoms with Crippen LogP contribution in [-0.2, 0) is 41.5 Å². The maximum Gasteiger partial charge on any atom is 0.329 e. The van der Waals surface area contributed by atoms with Gasteiger partial charge in [-0.25, -0.2) is 9.59 Å². The Labute approximate surface area is 242 Å². The summed E-state index contributed by atoms with van der Waals surface area (Å²) in [5.74, 6) is -4.11. The van der Waals surface area contributed by atoms with Crippen LogP contribution in [0.1, 0.15) is 38.8 Å². The fraction of sp³-hybridized carbons (Fsp3) is 0.429. The summed E-state index contributed by atoms with van der Waals surface area (Å²) in [6, 6.07) is 8.00. The Morgan fingerprint density at radius 2 is 0.952 bits per heavy atom. The summed E-state index contributed by atoms with van der Waals surface area (Å²) >= 11 is 0. The zero-order valence-corrected chi connectivity index (χ0v) is 23.7. The molecule has 2 aromatic rings. The lowest BCUT2D eigenvalue weighted by Crippen LogP contribution is -2.53. The number of non-ortho nitro benzene ring substituents is 2. The molecule has 0 aliphatic rings. The monoisotopic (exact) mass is 586 g/mol. The van der Waals surface area contributed by atoms with Crippen LogP contribution < -0.4 is 10.6 Å². The van der Waals surface area contributed by atoms with Gasteiger partial charge in [-0.1, -0.05) is 52.0 Å². The summed E-state index contributed by atoms with van der Waals surface area (Å²) in [7, 11) is 0. The highest BCUT2D eigenvalue weighted by atomic mass is 16.6. The van der Waals surface area contributed by atoms with Gasteiger partial charge in [-0.3, -0.25) is 29.8 Å². The molecule has 0 aliphatic heterocycles. The van der Waals surface area contributed by atoms with Gasteiger partial charge in [0.05, 0.1) is 23.1 Å². The van der Waals surface area contributed by atoms with Gasteiger partial charge in [0.15, 0.2) is 0 Å². The van der Waals surface area contributed by atoms with Crippen LogP contribution >= 0.6 is 0 Å². The highest BCUT2D eigenvalue weighted by molar-refractivity contribution is 6.35. The van der Waals surface area contributed by atoms with Crippen molar-refractivity contribution in [2.45, 2.75) is 52.6 Å². The van der Waals surface area contributed by atoms with E-state index in [-0.39, 0.29) is 49.3 Å². The number of nitrogens with zero attached hydrogens (tertiary/aromatic N) is 2. The molecule has 0 saturated heterocycles. The van der Waals surface area contributed by atoms with Crippen molar-refractivity contribution in [1.29, 1.82) is 0 Å². The van der Waals surface area contributed by atoms with E-state index in [0.29, 0.717) is 11.1 Å². The fourth-order valence-corrected chi connectivity index (χ4v) is 3.51. The average Bonchev–Trinajstić information content (AvgIpc) is 2.94. The summed E-state index contributed by atoms with van der Waals surface area (Å²) in [4.78, 5) is 72.1. The Morgan fingerprint density at radius 3 is 1.21 bits per heavy atom. The molecule has 226 valence electrons. The number of esters is 2. The van der Waals surface area contributed by atoms with E-state index in [0.717, 1.165) is 0 Å². The first-order valence-electron chi connectivity index (χ1n) is 13.2. The van der Waals surface area contributed by atoms with Crippen molar-refractivity contribution in [1.82, 2.24) is 10.6 Å². The van der Waals surface area contributed by atoms with Crippen molar-refractivity contribution in [2.24, 2.45) is 11.8 Å². The minimum atomic E-state index is -1.32. The number of benzene rings is 2. The summed E-state index contributed by atoms with van der Waals surface area (Å²) in [5.41, 5.74) is 0.594. The van der Waals surface area contributed by atoms with Gasteiger partial charge in [-0.05, 0) is 23.0 Å². The number of nitro benzene ring substituents is 2. The second-order valence-corrected chi connectivity index (χ2v) is 10.4. The molecule has 2 aromatic carbocycles. The van der Waals surface area contributed by atoms with Crippen molar-refractivity contribution < 1.29 is 38.5 Å². The third-order valence-corrected chi connectivity index (χ3v) is 5.68. The zero-order chi connectivity index (χ0) is 31.4. The molecule has 2 amide bonds. The van der Waals surface area contributed by atoms with Crippen molar-refractivity contribution >= 4 is 35.1 Å². The van der Waals surface area contributed by atoms with E-state index >= 15 is 0 Å². The number of ether oxygens (including phenoxy) is 2. The molecule has 42 heavy (non-hydrogen) atoms. The minimum absolute atomic E-state index is 0.00925. The van der Waals surface area contributed by atoms with Crippen molar-refractivity contribution in [3.8, 4) is 0 Å². The molecular formula is C28H34N4O10. The van der Waals surface area contributed by atoms with Crippen LogP contribution in [0.25, 0.3) is 0 Å². The van der Waals surface area contributed by atoms with E-state index in [1.807, 2.05) is 27.7 Å². The van der Waals surface area contributed by atoms with Crippen molar-refractivity contribution in [2.75, 3.05) is 13.2 Å². The number of nitrogens with one attached hydrogen (secondary N) is 2. The van der Waals surface area contributed by atoms with Crippen LogP contribution in [0, 0.1) is 32.1 Å². The highest BCUT2D eigenvalue weighted by Crippen LogP contribution is 2.15. The van der Waals surface area contributed by atoms with Crippen LogP contribution in [0.4, 0.5) is 11.4 Å². The zero-order valence-electron chi connectivity index (χ0n) is 23.7. The van der Waals surface area contributed by atoms with Gasteiger partial charge in [0.1, 0.15) is 12.1 Å². The summed E-state index contributed by atoms with van der Waals surface area (Å²) in [6.07, 6.45) is -0.257. The van der Waals surface area contributed by atoms with Crippen LogP contribution in [0.5, 0.6) is 0 Å². The lowest BCUT2D eigenvalue weighted by molar-refractivity contribution is -0.385. The first kappa shape index (κ1) is 33.3. The molecule has 2 rings (SSSR count). The lowest BCUT2D eigenvalue weighted by atomic mass is 10.0. The number of carbonyl (C=O) groups is 4. The Hall–Kier alpha value is -4.88. The largest absolute Gasteiger partial charge is 0.464 e. The first-order chi connectivity index (χ1) is 19.8. The van der Waals surface area contributed by atoms with E-state index in [9.17, 15) is 39.4 Å². The number of carbonyl (C=O) groups excluding carboxylic acids is 4. The maximum absolute atomic E-state index is 12.9. The van der Waals surface area contributed by atoms with Crippen molar-refractivity contribution in [3.63, 3.8) is 0 Å². The van der Waals surface area contributed by atoms with Gasteiger partial charge >= 0.3 is 23.8 Å². The van der Waals surface area contributed by atoms with E-state index in [1.165, 1.54) is 48.5 Å². The summed E-state index contributed by atoms with van der Waals surface area (Å²) in [6.45, 7) is 7.36. The fourth-order valence-electron chi connectivity index (χ4n) is 3.51. The van der Waals surface area contributed by atoms with Gasteiger partial charge < -0.3 is 20.1 Å². The molecule has 0 radical (unpaired) electrons. The Kier molecular flexibility index (Phi) is 12.5. The van der Waals surface area contributed by atoms with Crippen LogP contribution in [0.3, 0.4) is 0 Å². The number of rotatable bonds is 14. The van der Waals surface area contributed by atoms with Crippen molar-refractivity contribution in [3.05, 3.63) is 79.9 Å². The summed E-state index contributed by atoms with van der Waals surface area (Å²) < 4.78 is 10.5. The van der Waals surface area contributed by atoms with E-state index in [4.69, 9.17) is 9.47 Å². The van der Waals surface area contributed by atoms with Gasteiger partial charge in [0, 0.05) is 37.1 Å². The van der Waals surface area contributed by atoms with Crippen LogP contribution in [-0.4, -0.2) is 58.9 Å². The molecule has 0 aromatic heterocycles. The number of amides is 2. The molecule has 0 fully saturated rings. The molecule has 2 atom stereocenters. The maximum atomic E-state index is 12.9. The molecule has 0 bridgehead atoms. The third-order valence-electron chi connectivity index (χ3n) is 5.68. The van der Waals surface area contributed by atoms with Gasteiger partial charge in [0.25, 0.3) is 11.4 Å². The molecule has 2 N–H and O–H groups in total. The lowest BCUT2D eigenvalue weighted by Gasteiger charge is -2.21. The predicted molar refractivity (Wildman–Crippen MR) is 149 cm³/mol. The second-order valence-electron chi connectivity index (χ2n) is 10.4. The summed E-state index contributed by atoms with van der Waals surface area (Å²) in [5, 5.41) is 26.5. The molecular weight excluding hydrogens is 552 g/mol. The molecule has 0 aliphatic carbocycles. The number of nitro groups is 2. The smallest absolute Gasteiger partial charge is 0.329 e. The minimum Gasteiger partial charge on any atom is -0.464 e. The SMILES string of the molecule is CC(C)COC(=O)[C@H](Cc1ccc([N+](=O)[O-])cc1)NC(=O)C(=O)N[C@@H](Cc1ccc([N+](=O)[O-])cc1)C(=O)OCC(C)C.